The molecule has 0 saturated carbocycles. The summed E-state index contributed by atoms with van der Waals surface area (Å²) in [6.07, 6.45) is 7.43. The van der Waals surface area contributed by atoms with Crippen LogP contribution in [0.2, 0.25) is 0 Å². The van der Waals surface area contributed by atoms with Crippen LogP contribution in [0.1, 0.15) is 55.2 Å². The molecule has 5 heterocycles. The van der Waals surface area contributed by atoms with Crippen LogP contribution in [0.5, 0.6) is 0 Å². The van der Waals surface area contributed by atoms with Crippen LogP contribution in [0.25, 0.3) is 11.3 Å². The van der Waals surface area contributed by atoms with E-state index < -0.39 is 12.4 Å². The molecule has 0 spiro atoms. The fourth-order valence-electron chi connectivity index (χ4n) is 7.36. The number of benzene rings is 2. The molecule has 4 aromatic rings. The Morgan fingerprint density at radius 3 is 2.70 bits per heavy atom. The van der Waals surface area contributed by atoms with Crippen LogP contribution in [0.3, 0.4) is 0 Å². The zero-order valence-corrected chi connectivity index (χ0v) is 26.6. The lowest BCUT2D eigenvalue weighted by Gasteiger charge is -2.40. The summed E-state index contributed by atoms with van der Waals surface area (Å²) in [6, 6.07) is 9.22. The van der Waals surface area contributed by atoms with Crippen LogP contribution in [0.4, 0.5) is 21.6 Å². The van der Waals surface area contributed by atoms with Crippen molar-refractivity contribution in [1.29, 1.82) is 0 Å². The number of anilines is 3. The molecule has 2 N–H and O–H groups in total. The summed E-state index contributed by atoms with van der Waals surface area (Å²) in [5.41, 5.74) is 6.78. The second-order valence-corrected chi connectivity index (χ2v) is 13.9. The number of nitrogens with zero attached hydrogens (tertiary/aromatic N) is 4. The summed E-state index contributed by atoms with van der Waals surface area (Å²) in [7, 11) is 1.62. The number of aliphatic hydroxyl groups excluding tert-OH is 1. The van der Waals surface area contributed by atoms with Gasteiger partial charge in [-0.2, -0.15) is 0 Å². The van der Waals surface area contributed by atoms with Gasteiger partial charge >= 0.3 is 0 Å². The molecule has 2 aromatic heterocycles. The molecule has 9 nitrogen and oxygen atoms in total. The first-order chi connectivity index (χ1) is 22.4. The van der Waals surface area contributed by atoms with Crippen molar-refractivity contribution in [2.75, 3.05) is 36.5 Å². The van der Waals surface area contributed by atoms with Crippen molar-refractivity contribution < 1.29 is 19.0 Å². The SMILES string of the molecule is Cn1cc(-c2cc(F)cc(N3CCc4c(sc5c4CCCC5)C3=O)c2CO)nc(Nc2ccc3c(c2)CCN(C2COC2)C3)c1=O. The number of thiophene rings is 1. The maximum atomic E-state index is 15.3. The van der Waals surface area contributed by atoms with Crippen molar-refractivity contribution in [3.63, 3.8) is 0 Å². The number of nitrogens with one attached hydrogen (secondary N) is 1. The summed E-state index contributed by atoms with van der Waals surface area (Å²) < 4.78 is 22.1. The summed E-state index contributed by atoms with van der Waals surface area (Å²) in [4.78, 5) is 37.8. The van der Waals surface area contributed by atoms with Gasteiger partial charge in [-0.15, -0.1) is 11.3 Å². The smallest absolute Gasteiger partial charge is 0.293 e. The van der Waals surface area contributed by atoms with Gasteiger partial charge in [0, 0.05) is 54.6 Å². The third kappa shape index (κ3) is 5.06. The Morgan fingerprint density at radius 2 is 1.89 bits per heavy atom. The van der Waals surface area contributed by atoms with Crippen molar-refractivity contribution in [1.82, 2.24) is 14.5 Å². The number of carbonyl (C=O) groups is 1. The van der Waals surface area contributed by atoms with Gasteiger partial charge in [-0.25, -0.2) is 9.37 Å². The van der Waals surface area contributed by atoms with Gasteiger partial charge in [0.15, 0.2) is 5.82 Å². The molecule has 0 radical (unpaired) electrons. The van der Waals surface area contributed by atoms with Gasteiger partial charge in [0.25, 0.3) is 11.5 Å². The molecule has 8 rings (SSSR count). The zero-order valence-electron chi connectivity index (χ0n) is 25.8. The molecule has 1 amide bonds. The molecule has 238 valence electrons. The number of carbonyl (C=O) groups excluding carboxylic acids is 1. The molecular formula is C35H36FN5O4S. The molecule has 46 heavy (non-hydrogen) atoms. The largest absolute Gasteiger partial charge is 0.392 e. The highest BCUT2D eigenvalue weighted by atomic mass is 32.1. The van der Waals surface area contributed by atoms with Gasteiger partial charge in [-0.1, -0.05) is 6.07 Å². The number of ether oxygens (including phenoxy) is 1. The van der Waals surface area contributed by atoms with Crippen molar-refractivity contribution in [2.24, 2.45) is 7.05 Å². The Morgan fingerprint density at radius 1 is 1.04 bits per heavy atom. The third-order valence-electron chi connectivity index (χ3n) is 9.94. The second kappa shape index (κ2) is 11.7. The van der Waals surface area contributed by atoms with Gasteiger partial charge in [0.2, 0.25) is 0 Å². The number of halogens is 1. The number of hydrogen-bond donors (Lipinski definition) is 2. The van der Waals surface area contributed by atoms with Crippen LogP contribution >= 0.6 is 11.3 Å². The Hall–Kier alpha value is -3.90. The molecular weight excluding hydrogens is 605 g/mol. The Labute approximate surface area is 270 Å². The fraction of sp³-hybridized carbons (Fsp3) is 0.400. The maximum absolute atomic E-state index is 15.3. The first-order valence-corrected chi connectivity index (χ1v) is 16.9. The standard InChI is InChI=1S/C35H36FN5O4S/c1-39-16-29(38-33(35(39)44)37-23-7-6-21-15-40(24-18-45-19-24)10-8-20(21)12-23)27-13-22(36)14-30(28(27)17-42)41-11-9-26-25-4-2-3-5-31(25)46-32(26)34(41)43/h6-7,12-14,16,24,42H,2-5,8-11,15,17-19H2,1H3,(H,37,38). The number of aromatic nitrogens is 2. The molecule has 1 aliphatic carbocycles. The average Bonchev–Trinajstić information content (AvgIpc) is 3.42. The highest BCUT2D eigenvalue weighted by Crippen LogP contribution is 2.41. The van der Waals surface area contributed by atoms with Crippen LogP contribution < -0.4 is 15.8 Å². The van der Waals surface area contributed by atoms with Gasteiger partial charge in [0.1, 0.15) is 5.82 Å². The minimum Gasteiger partial charge on any atom is -0.392 e. The highest BCUT2D eigenvalue weighted by Gasteiger charge is 2.34. The minimum absolute atomic E-state index is 0.0987. The molecule has 2 aromatic carbocycles. The highest BCUT2D eigenvalue weighted by molar-refractivity contribution is 7.14. The number of aryl methyl sites for hydroxylation is 2. The topological polar surface area (TPSA) is 99.9 Å². The van der Waals surface area contributed by atoms with E-state index in [0.29, 0.717) is 41.5 Å². The van der Waals surface area contributed by atoms with Crippen LogP contribution in [0.15, 0.2) is 41.3 Å². The van der Waals surface area contributed by atoms with Crippen molar-refractivity contribution in [3.8, 4) is 11.3 Å². The van der Waals surface area contributed by atoms with E-state index in [1.54, 1.807) is 29.5 Å². The average molecular weight is 642 g/mol. The Kier molecular flexibility index (Phi) is 7.51. The van der Waals surface area contributed by atoms with Crippen molar-refractivity contribution >= 4 is 34.4 Å². The van der Waals surface area contributed by atoms with E-state index in [-0.39, 0.29) is 17.3 Å². The molecule has 3 aliphatic heterocycles. The quantitative estimate of drug-likeness (QED) is 0.314. The van der Waals surface area contributed by atoms with Crippen LogP contribution in [-0.2, 0) is 50.6 Å². The predicted molar refractivity (Wildman–Crippen MR) is 176 cm³/mol. The molecule has 11 heteroatoms. The predicted octanol–water partition coefficient (Wildman–Crippen LogP) is 4.72. The molecule has 1 fully saturated rings. The maximum Gasteiger partial charge on any atom is 0.293 e. The monoisotopic (exact) mass is 641 g/mol. The molecule has 0 unspecified atom stereocenters. The number of amides is 1. The summed E-state index contributed by atoms with van der Waals surface area (Å²) in [6.45, 7) is 3.39. The van der Waals surface area contributed by atoms with Gasteiger partial charge in [0.05, 0.1) is 42.1 Å². The van der Waals surface area contributed by atoms with Crippen molar-refractivity contribution in [3.05, 3.63) is 90.3 Å². The van der Waals surface area contributed by atoms with E-state index in [0.717, 1.165) is 74.5 Å². The van der Waals surface area contributed by atoms with Gasteiger partial charge in [-0.05, 0) is 85.0 Å². The molecule has 1 saturated heterocycles. The van der Waals surface area contributed by atoms with E-state index in [4.69, 9.17) is 4.74 Å². The second-order valence-electron chi connectivity index (χ2n) is 12.7. The third-order valence-corrected chi connectivity index (χ3v) is 11.3. The Bertz CT molecular complexity index is 1930. The van der Waals surface area contributed by atoms with Crippen LogP contribution in [-0.4, -0.2) is 57.8 Å². The summed E-state index contributed by atoms with van der Waals surface area (Å²) in [5, 5.41) is 13.8. The first kappa shape index (κ1) is 29.5. The van der Waals surface area contributed by atoms with Gasteiger partial charge < -0.3 is 24.6 Å². The summed E-state index contributed by atoms with van der Waals surface area (Å²) >= 11 is 1.57. The first-order valence-electron chi connectivity index (χ1n) is 16.0. The lowest BCUT2D eigenvalue weighted by atomic mass is 9.91. The number of aliphatic hydroxyl groups is 1. The van der Waals surface area contributed by atoms with E-state index in [1.165, 1.54) is 38.3 Å². The zero-order chi connectivity index (χ0) is 31.5. The molecule has 0 bridgehead atoms. The van der Waals surface area contributed by atoms with E-state index in [9.17, 15) is 14.7 Å². The Balaban J connectivity index is 1.11. The number of fused-ring (bicyclic) bond motifs is 4. The number of rotatable bonds is 6. The lowest BCUT2D eigenvalue weighted by molar-refractivity contribution is -0.0694. The minimum atomic E-state index is -0.548. The molecule has 0 atom stereocenters. The van der Waals surface area contributed by atoms with Crippen molar-refractivity contribution in [2.45, 2.75) is 57.7 Å². The fourth-order valence-corrected chi connectivity index (χ4v) is 8.74. The van der Waals surface area contributed by atoms with E-state index >= 15 is 4.39 Å². The van der Waals surface area contributed by atoms with E-state index in [1.807, 2.05) is 6.07 Å². The molecule has 4 aliphatic rings. The summed E-state index contributed by atoms with van der Waals surface area (Å²) in [5.74, 6) is -0.602. The van der Waals surface area contributed by atoms with Gasteiger partial charge in [-0.3, -0.25) is 14.5 Å². The van der Waals surface area contributed by atoms with Crippen LogP contribution in [0, 0.1) is 5.82 Å². The number of hydrogen-bond acceptors (Lipinski definition) is 8. The normalized spacial score (nSPS) is 18.2. The van der Waals surface area contributed by atoms with E-state index in [2.05, 4.69) is 27.3 Å². The lowest BCUT2D eigenvalue weighted by Crippen LogP contribution is -2.50.